The Bertz CT molecular complexity index is 947. The molecule has 9 heteroatoms. The second-order valence-electron chi connectivity index (χ2n) is 5.99. The zero-order chi connectivity index (χ0) is 18.7. The van der Waals surface area contributed by atoms with Crippen LogP contribution in [0.25, 0.3) is 4.96 Å². The number of fused-ring (bicyclic) bond motifs is 1. The van der Waals surface area contributed by atoms with Crippen molar-refractivity contribution in [2.24, 2.45) is 0 Å². The maximum absolute atomic E-state index is 12.3. The van der Waals surface area contributed by atoms with E-state index in [2.05, 4.69) is 20.6 Å². The average molecular weight is 373 g/mol. The maximum Gasteiger partial charge on any atom is 0.339 e. The fraction of sp³-hybridized carbons (Fsp3) is 0.353. The van der Waals surface area contributed by atoms with Crippen molar-refractivity contribution in [1.82, 2.24) is 19.8 Å². The van der Waals surface area contributed by atoms with Gasteiger partial charge in [0.2, 0.25) is 10.9 Å². The third kappa shape index (κ3) is 3.72. The van der Waals surface area contributed by atoms with Crippen molar-refractivity contribution >= 4 is 33.9 Å². The zero-order valence-corrected chi connectivity index (χ0v) is 15.5. The third-order valence-electron chi connectivity index (χ3n) is 3.75. The average Bonchev–Trinajstić information content (AvgIpc) is 3.19. The van der Waals surface area contributed by atoms with E-state index in [0.717, 1.165) is 15.8 Å². The molecule has 0 aliphatic heterocycles. The summed E-state index contributed by atoms with van der Waals surface area (Å²) >= 11 is 1.42. The second-order valence-corrected chi connectivity index (χ2v) is 7.03. The number of anilines is 1. The molecule has 0 unspecified atom stereocenters. The molecule has 3 rings (SSSR count). The highest BCUT2D eigenvalue weighted by Gasteiger charge is 2.16. The van der Waals surface area contributed by atoms with E-state index in [4.69, 9.17) is 4.74 Å². The molecule has 1 aromatic carbocycles. The number of carbonyl (C=O) groups is 2. The van der Waals surface area contributed by atoms with Gasteiger partial charge in [-0.15, -0.1) is 10.2 Å². The number of benzene rings is 1. The van der Waals surface area contributed by atoms with E-state index in [1.807, 2.05) is 13.8 Å². The molecular weight excluding hydrogens is 354 g/mol. The van der Waals surface area contributed by atoms with E-state index < -0.39 is 5.97 Å². The molecule has 0 fully saturated rings. The first-order valence-corrected chi connectivity index (χ1v) is 8.99. The number of aryl methyl sites for hydroxylation is 1. The molecule has 1 amide bonds. The fourth-order valence-electron chi connectivity index (χ4n) is 2.45. The molecule has 0 aliphatic carbocycles. The zero-order valence-electron chi connectivity index (χ0n) is 14.7. The molecule has 26 heavy (non-hydrogen) atoms. The number of methoxy groups -OCH3 is 1. The third-order valence-corrected chi connectivity index (χ3v) is 4.70. The molecule has 2 aromatic heterocycles. The first-order chi connectivity index (χ1) is 12.5. The number of ether oxygens (including phenoxy) is 1. The molecule has 8 nitrogen and oxygen atoms in total. The van der Waals surface area contributed by atoms with Crippen LogP contribution in [0.3, 0.4) is 0 Å². The largest absolute Gasteiger partial charge is 0.465 e. The predicted molar refractivity (Wildman–Crippen MR) is 97.5 cm³/mol. The lowest BCUT2D eigenvalue weighted by Crippen LogP contribution is -2.15. The van der Waals surface area contributed by atoms with Crippen molar-refractivity contribution in [2.45, 2.75) is 32.6 Å². The number of nitrogens with one attached hydrogen (secondary N) is 1. The molecule has 3 aromatic rings. The molecule has 136 valence electrons. The van der Waals surface area contributed by atoms with Crippen molar-refractivity contribution < 1.29 is 14.3 Å². The number of rotatable bonds is 6. The minimum Gasteiger partial charge on any atom is -0.465 e. The van der Waals surface area contributed by atoms with Gasteiger partial charge in [0.15, 0.2) is 5.82 Å². The van der Waals surface area contributed by atoms with Gasteiger partial charge in [0.1, 0.15) is 5.01 Å². The van der Waals surface area contributed by atoms with Gasteiger partial charge in [-0.3, -0.25) is 4.79 Å². The maximum atomic E-state index is 12.3. The van der Waals surface area contributed by atoms with Crippen molar-refractivity contribution in [3.8, 4) is 0 Å². The topological polar surface area (TPSA) is 98.5 Å². The summed E-state index contributed by atoms with van der Waals surface area (Å²) in [6.07, 6.45) is 0.731. The summed E-state index contributed by atoms with van der Waals surface area (Å²) in [6, 6.07) is 6.74. The van der Waals surface area contributed by atoms with Crippen LogP contribution in [0, 0.1) is 0 Å². The van der Waals surface area contributed by atoms with Crippen LogP contribution >= 0.6 is 11.3 Å². The van der Waals surface area contributed by atoms with Gasteiger partial charge in [-0.1, -0.05) is 37.3 Å². The Labute approximate surface area is 154 Å². The minimum atomic E-state index is -0.490. The van der Waals surface area contributed by atoms with Crippen LogP contribution < -0.4 is 5.32 Å². The molecule has 1 N–H and O–H groups in total. The van der Waals surface area contributed by atoms with Gasteiger partial charge < -0.3 is 10.1 Å². The summed E-state index contributed by atoms with van der Waals surface area (Å²) in [7, 11) is 1.31. The molecule has 2 heterocycles. The normalized spacial score (nSPS) is 11.1. The highest BCUT2D eigenvalue weighted by molar-refractivity contribution is 7.16. The van der Waals surface area contributed by atoms with Gasteiger partial charge in [0.25, 0.3) is 0 Å². The number of nitrogens with zero attached hydrogens (tertiary/aromatic N) is 4. The number of hydrogen-bond donors (Lipinski definition) is 1. The molecular formula is C17H19N5O3S. The Morgan fingerprint density at radius 1 is 1.27 bits per heavy atom. The summed E-state index contributed by atoms with van der Waals surface area (Å²) in [5, 5.41) is 16.3. The lowest BCUT2D eigenvalue weighted by Gasteiger charge is -2.09. The molecule has 0 spiro atoms. The summed E-state index contributed by atoms with van der Waals surface area (Å²) in [5.74, 6) is 0.337. The van der Waals surface area contributed by atoms with E-state index in [9.17, 15) is 9.59 Å². The number of carbonyl (C=O) groups excluding carboxylic acids is 2. The van der Waals surface area contributed by atoms with Gasteiger partial charge >= 0.3 is 5.97 Å². The predicted octanol–water partition coefficient (Wildman–Crippen LogP) is 2.67. The minimum absolute atomic E-state index is 0.198. The SMILES string of the molecule is COC(=O)c1ccccc1NC(=O)CCc1nn2c(C(C)C)nnc2s1. The lowest BCUT2D eigenvalue weighted by molar-refractivity contribution is -0.116. The Morgan fingerprint density at radius 3 is 2.77 bits per heavy atom. The van der Waals surface area contributed by atoms with Gasteiger partial charge in [0, 0.05) is 18.8 Å². The van der Waals surface area contributed by atoms with Crippen LogP contribution in [0.15, 0.2) is 24.3 Å². The number of para-hydroxylation sites is 1. The smallest absolute Gasteiger partial charge is 0.339 e. The highest BCUT2D eigenvalue weighted by atomic mass is 32.1. The van der Waals surface area contributed by atoms with E-state index in [1.165, 1.54) is 18.4 Å². The van der Waals surface area contributed by atoms with Crippen LogP contribution in [0.4, 0.5) is 5.69 Å². The van der Waals surface area contributed by atoms with Crippen LogP contribution in [0.1, 0.15) is 47.4 Å². The number of hydrogen-bond acceptors (Lipinski definition) is 7. The monoisotopic (exact) mass is 373 g/mol. The number of esters is 1. The van der Waals surface area contributed by atoms with E-state index in [1.54, 1.807) is 28.8 Å². The Balaban J connectivity index is 1.66. The number of amides is 1. The summed E-state index contributed by atoms with van der Waals surface area (Å²) in [4.78, 5) is 24.7. The Kier molecular flexibility index (Phi) is 5.27. The first-order valence-electron chi connectivity index (χ1n) is 8.17. The van der Waals surface area contributed by atoms with Gasteiger partial charge in [-0.2, -0.15) is 9.61 Å². The van der Waals surface area contributed by atoms with Crippen molar-refractivity contribution in [2.75, 3.05) is 12.4 Å². The van der Waals surface area contributed by atoms with Gasteiger partial charge in [0.05, 0.1) is 18.4 Å². The van der Waals surface area contributed by atoms with Gasteiger partial charge in [-0.05, 0) is 12.1 Å². The Hall–Kier alpha value is -2.81. The van der Waals surface area contributed by atoms with E-state index in [-0.39, 0.29) is 18.2 Å². The van der Waals surface area contributed by atoms with Crippen LogP contribution in [0.2, 0.25) is 0 Å². The van der Waals surface area contributed by atoms with Crippen LogP contribution in [-0.2, 0) is 16.0 Å². The lowest BCUT2D eigenvalue weighted by atomic mass is 10.1. The molecule has 0 bridgehead atoms. The summed E-state index contributed by atoms with van der Waals surface area (Å²) < 4.78 is 6.46. The van der Waals surface area contributed by atoms with Gasteiger partial charge in [-0.25, -0.2) is 4.79 Å². The van der Waals surface area contributed by atoms with Crippen molar-refractivity contribution in [3.63, 3.8) is 0 Å². The van der Waals surface area contributed by atoms with E-state index >= 15 is 0 Å². The van der Waals surface area contributed by atoms with Crippen LogP contribution in [0.5, 0.6) is 0 Å². The van der Waals surface area contributed by atoms with Crippen molar-refractivity contribution in [3.05, 3.63) is 40.7 Å². The molecule has 0 atom stereocenters. The molecule has 0 saturated heterocycles. The number of aromatic nitrogens is 4. The first kappa shape index (κ1) is 18.0. The molecule has 0 aliphatic rings. The van der Waals surface area contributed by atoms with Crippen LogP contribution in [-0.4, -0.2) is 38.8 Å². The van der Waals surface area contributed by atoms with E-state index in [0.29, 0.717) is 17.7 Å². The molecule has 0 radical (unpaired) electrons. The summed E-state index contributed by atoms with van der Waals surface area (Å²) in [5.41, 5.74) is 0.758. The second kappa shape index (κ2) is 7.61. The van der Waals surface area contributed by atoms with Crippen molar-refractivity contribution in [1.29, 1.82) is 0 Å². The fourth-order valence-corrected chi connectivity index (χ4v) is 3.29. The summed E-state index contributed by atoms with van der Waals surface area (Å²) in [6.45, 7) is 4.06. The highest BCUT2D eigenvalue weighted by Crippen LogP contribution is 2.20. The standard InChI is InChI=1S/C17H19N5O3S/c1-10(2)15-19-20-17-22(15)21-14(26-17)9-8-13(23)18-12-7-5-4-6-11(12)16(24)25-3/h4-7,10H,8-9H2,1-3H3,(H,18,23). The molecule has 0 saturated carbocycles. The quantitative estimate of drug-likeness (QED) is 0.667. The Morgan fingerprint density at radius 2 is 2.04 bits per heavy atom.